The molecule has 3 atom stereocenters. The highest BCUT2D eigenvalue weighted by Crippen LogP contribution is 2.42. The van der Waals surface area contributed by atoms with Crippen LogP contribution in [0.3, 0.4) is 0 Å². The average Bonchev–Trinajstić information content (AvgIpc) is 3.22. The number of carbonyl (C=O) groups is 2. The fraction of sp³-hybridized carbons (Fsp3) is 0.300. The molecule has 202 valence electrons. The summed E-state index contributed by atoms with van der Waals surface area (Å²) in [4.78, 5) is 40.5. The predicted molar refractivity (Wildman–Crippen MR) is 146 cm³/mol. The van der Waals surface area contributed by atoms with Crippen molar-refractivity contribution in [3.8, 4) is 11.4 Å². The number of pyridine rings is 1. The molecule has 2 aliphatic heterocycles. The summed E-state index contributed by atoms with van der Waals surface area (Å²) in [6.07, 6.45) is 5.55. The number of carbonyl (C=O) groups excluding carboxylic acids is 2. The van der Waals surface area contributed by atoms with Crippen LogP contribution in [0.25, 0.3) is 5.69 Å². The molecule has 2 aliphatic rings. The molecular weight excluding hydrogens is 498 g/mol. The van der Waals surface area contributed by atoms with Crippen LogP contribution in [0.15, 0.2) is 77.7 Å². The van der Waals surface area contributed by atoms with Gasteiger partial charge in [-0.2, -0.15) is 0 Å². The first-order chi connectivity index (χ1) is 18.8. The van der Waals surface area contributed by atoms with Gasteiger partial charge in [-0.05, 0) is 47.9 Å². The van der Waals surface area contributed by atoms with E-state index in [-0.39, 0.29) is 36.3 Å². The highest BCUT2D eigenvalue weighted by Gasteiger charge is 2.48. The van der Waals surface area contributed by atoms with Crippen LogP contribution in [0.1, 0.15) is 30.0 Å². The Bertz CT molecular complexity index is 1510. The van der Waals surface area contributed by atoms with Gasteiger partial charge in [-0.3, -0.25) is 19.0 Å². The van der Waals surface area contributed by atoms with Crippen molar-refractivity contribution in [1.29, 1.82) is 0 Å². The Morgan fingerprint density at radius 1 is 1.18 bits per heavy atom. The second-order valence-corrected chi connectivity index (χ2v) is 9.95. The number of nitrogens with one attached hydrogen (secondary N) is 1. The summed E-state index contributed by atoms with van der Waals surface area (Å²) in [5.74, 6) is -1.23. The number of hydrogen-bond acceptors (Lipinski definition) is 6. The van der Waals surface area contributed by atoms with E-state index in [0.717, 1.165) is 11.1 Å². The number of ether oxygens (including phenoxy) is 1. The molecule has 9 nitrogen and oxygen atoms in total. The lowest BCUT2D eigenvalue weighted by molar-refractivity contribution is -0.137. The third-order valence-electron chi connectivity index (χ3n) is 7.68. The third kappa shape index (κ3) is 4.64. The summed E-state index contributed by atoms with van der Waals surface area (Å²) in [5, 5.41) is 24.2. The molecule has 9 heteroatoms. The van der Waals surface area contributed by atoms with Gasteiger partial charge in [0.05, 0.1) is 19.8 Å². The molecule has 2 aromatic carbocycles. The first-order valence-electron chi connectivity index (χ1n) is 12.9. The molecular formula is C30H31N3O6. The summed E-state index contributed by atoms with van der Waals surface area (Å²) < 4.78 is 6.52. The van der Waals surface area contributed by atoms with Gasteiger partial charge in [-0.25, -0.2) is 0 Å². The van der Waals surface area contributed by atoms with Crippen LogP contribution >= 0.6 is 0 Å². The number of anilines is 1. The van der Waals surface area contributed by atoms with Gasteiger partial charge in [0.1, 0.15) is 0 Å². The molecule has 5 rings (SSSR count). The zero-order valence-electron chi connectivity index (χ0n) is 21.8. The second kappa shape index (κ2) is 10.5. The predicted octanol–water partition coefficient (Wildman–Crippen LogP) is 2.51. The van der Waals surface area contributed by atoms with E-state index in [4.69, 9.17) is 4.74 Å². The smallest absolute Gasteiger partial charge is 0.297 e. The average molecular weight is 530 g/mol. The lowest BCUT2D eigenvalue weighted by Gasteiger charge is -2.36. The highest BCUT2D eigenvalue weighted by molar-refractivity contribution is 6.05. The maximum Gasteiger partial charge on any atom is 0.297 e. The summed E-state index contributed by atoms with van der Waals surface area (Å²) in [6.45, 7) is 2.00. The molecule has 0 aliphatic carbocycles. The van der Waals surface area contributed by atoms with Crippen molar-refractivity contribution in [2.75, 3.05) is 19.0 Å². The second-order valence-electron chi connectivity index (χ2n) is 9.95. The van der Waals surface area contributed by atoms with Crippen LogP contribution in [0.5, 0.6) is 5.75 Å². The molecule has 0 unspecified atom stereocenters. The van der Waals surface area contributed by atoms with Crippen LogP contribution in [0.4, 0.5) is 5.69 Å². The molecule has 0 radical (unpaired) electrons. The number of aliphatic hydroxyl groups is 2. The molecule has 39 heavy (non-hydrogen) atoms. The van der Waals surface area contributed by atoms with Crippen molar-refractivity contribution in [1.82, 2.24) is 9.47 Å². The van der Waals surface area contributed by atoms with Crippen molar-refractivity contribution in [3.05, 3.63) is 100.0 Å². The number of hydrogen-bond donors (Lipinski definition) is 3. The van der Waals surface area contributed by atoms with E-state index in [1.54, 1.807) is 60.5 Å². The Labute approximate surface area is 226 Å². The molecule has 3 N–H and O–H groups in total. The number of fused-ring (bicyclic) bond motifs is 2. The molecule has 0 spiro atoms. The zero-order valence-corrected chi connectivity index (χ0v) is 21.8. The first-order valence-corrected chi connectivity index (χ1v) is 12.9. The minimum absolute atomic E-state index is 0.0623. The minimum Gasteiger partial charge on any atom is -0.491 e. The van der Waals surface area contributed by atoms with Gasteiger partial charge >= 0.3 is 0 Å². The number of benzene rings is 2. The molecule has 1 aromatic heterocycles. The molecule has 3 aromatic rings. The highest BCUT2D eigenvalue weighted by atomic mass is 16.5. The lowest BCUT2D eigenvalue weighted by atomic mass is 9.82. The van der Waals surface area contributed by atoms with Crippen molar-refractivity contribution in [3.63, 3.8) is 0 Å². The number of aliphatic hydroxyl groups excluding tert-OH is 1. The Balaban J connectivity index is 1.36. The minimum atomic E-state index is -1.90. The van der Waals surface area contributed by atoms with Gasteiger partial charge in [0.15, 0.2) is 11.4 Å². The lowest BCUT2D eigenvalue weighted by Crippen LogP contribution is -2.46. The van der Waals surface area contributed by atoms with E-state index in [2.05, 4.69) is 5.32 Å². The molecule has 0 bridgehead atoms. The fourth-order valence-electron chi connectivity index (χ4n) is 5.40. The molecule has 3 heterocycles. The SMILES string of the molecule is COc1cccn(-c2ccc3c(c2)[C@](O)([C@@H](C)/C=C/CC(=O)N2Cc4ccccc4C[C@H]2CO)C(=O)N3)c1=O. The van der Waals surface area contributed by atoms with Crippen LogP contribution in [0, 0.1) is 5.92 Å². The van der Waals surface area contributed by atoms with E-state index in [0.29, 0.717) is 29.9 Å². The number of amides is 2. The van der Waals surface area contributed by atoms with Gasteiger partial charge in [0.25, 0.3) is 11.5 Å². The molecule has 0 saturated carbocycles. The van der Waals surface area contributed by atoms with Gasteiger partial charge < -0.3 is 25.2 Å². The van der Waals surface area contributed by atoms with Crippen molar-refractivity contribution in [2.24, 2.45) is 5.92 Å². The number of methoxy groups -OCH3 is 1. The number of nitrogens with zero attached hydrogens (tertiary/aromatic N) is 2. The summed E-state index contributed by atoms with van der Waals surface area (Å²) in [7, 11) is 1.41. The summed E-state index contributed by atoms with van der Waals surface area (Å²) >= 11 is 0. The van der Waals surface area contributed by atoms with E-state index < -0.39 is 17.4 Å². The molecule has 2 amide bonds. The van der Waals surface area contributed by atoms with Crippen LogP contribution in [-0.2, 0) is 28.2 Å². The molecule has 0 fully saturated rings. The molecule has 0 saturated heterocycles. The fourth-order valence-corrected chi connectivity index (χ4v) is 5.40. The van der Waals surface area contributed by atoms with E-state index in [1.807, 2.05) is 24.3 Å². The van der Waals surface area contributed by atoms with Crippen molar-refractivity contribution in [2.45, 2.75) is 38.0 Å². The van der Waals surface area contributed by atoms with E-state index in [9.17, 15) is 24.6 Å². The summed E-state index contributed by atoms with van der Waals surface area (Å²) in [6, 6.07) is 15.8. The van der Waals surface area contributed by atoms with Gasteiger partial charge in [0, 0.05) is 42.0 Å². The standard InChI is InChI=1S/C30H31N3O6/c1-19(7-5-11-27(35)33-17-21-9-4-3-8-20(21)15-23(33)18-34)30(38)24-16-22(12-13-25(24)31-29(30)37)32-14-6-10-26(39-2)28(32)36/h3-10,12-14,16,19,23,34,38H,11,15,17-18H2,1-2H3,(H,31,37)/b7-5+/t19-,23-,30+/m0/s1. The van der Waals surface area contributed by atoms with E-state index >= 15 is 0 Å². The number of aromatic nitrogens is 1. The van der Waals surface area contributed by atoms with Gasteiger partial charge in [-0.1, -0.05) is 43.3 Å². The Kier molecular flexibility index (Phi) is 7.12. The van der Waals surface area contributed by atoms with Gasteiger partial charge in [0.2, 0.25) is 5.91 Å². The Hall–Kier alpha value is -4.21. The number of rotatable bonds is 7. The van der Waals surface area contributed by atoms with Crippen molar-refractivity contribution < 1.29 is 24.5 Å². The zero-order chi connectivity index (χ0) is 27.7. The Morgan fingerprint density at radius 3 is 2.69 bits per heavy atom. The maximum absolute atomic E-state index is 13.1. The monoisotopic (exact) mass is 529 g/mol. The normalized spacial score (nSPS) is 20.9. The Morgan fingerprint density at radius 2 is 1.95 bits per heavy atom. The maximum atomic E-state index is 13.1. The van der Waals surface area contributed by atoms with Crippen LogP contribution in [0.2, 0.25) is 0 Å². The van der Waals surface area contributed by atoms with Gasteiger partial charge in [-0.15, -0.1) is 0 Å². The van der Waals surface area contributed by atoms with E-state index in [1.165, 1.54) is 11.7 Å². The van der Waals surface area contributed by atoms with Crippen LogP contribution in [-0.4, -0.2) is 51.3 Å². The summed E-state index contributed by atoms with van der Waals surface area (Å²) in [5.41, 5.74) is 1.20. The first kappa shape index (κ1) is 26.4. The third-order valence-corrected chi connectivity index (χ3v) is 7.68. The quantitative estimate of drug-likeness (QED) is 0.405. The van der Waals surface area contributed by atoms with Crippen molar-refractivity contribution >= 4 is 17.5 Å². The topological polar surface area (TPSA) is 121 Å². The largest absolute Gasteiger partial charge is 0.491 e. The van der Waals surface area contributed by atoms with Crippen LogP contribution < -0.4 is 15.6 Å².